The highest BCUT2D eigenvalue weighted by molar-refractivity contribution is 9.10. The van der Waals surface area contributed by atoms with Crippen LogP contribution in [0.1, 0.15) is 18.1 Å². The van der Waals surface area contributed by atoms with Crippen LogP contribution < -0.4 is 0 Å². The fraction of sp³-hybridized carbons (Fsp3) is 0.200. The molecule has 0 aliphatic carbocycles. The van der Waals surface area contributed by atoms with E-state index in [9.17, 15) is 0 Å². The lowest BCUT2D eigenvalue weighted by Gasteiger charge is -2.03. The number of benzene rings is 1. The molecule has 0 unspecified atom stereocenters. The minimum Gasteiger partial charge on any atom is -0.0984 e. The molecule has 0 atom stereocenters. The van der Waals surface area contributed by atoms with Crippen molar-refractivity contribution in [3.63, 3.8) is 0 Å². The topological polar surface area (TPSA) is 0 Å². The zero-order valence-electron chi connectivity index (χ0n) is 6.60. The summed E-state index contributed by atoms with van der Waals surface area (Å²) >= 11 is 3.53. The van der Waals surface area contributed by atoms with Gasteiger partial charge in [0.05, 0.1) is 0 Å². The number of rotatable bonds is 2. The smallest absolute Gasteiger partial charge is 0.0279 e. The molecule has 0 spiro atoms. The zero-order chi connectivity index (χ0) is 8.27. The average Bonchev–Trinajstić information content (AvgIpc) is 2.05. The highest BCUT2D eigenvalue weighted by Gasteiger charge is 1.99. The van der Waals surface area contributed by atoms with E-state index in [0.29, 0.717) is 0 Å². The molecular weight excluding hydrogens is 200 g/mol. The van der Waals surface area contributed by atoms with Crippen molar-refractivity contribution >= 4 is 22.0 Å². The van der Waals surface area contributed by atoms with E-state index in [-0.39, 0.29) is 0 Å². The molecule has 0 bridgehead atoms. The predicted octanol–water partition coefficient (Wildman–Crippen LogP) is 3.65. The van der Waals surface area contributed by atoms with Gasteiger partial charge in [0.25, 0.3) is 0 Å². The van der Waals surface area contributed by atoms with Gasteiger partial charge in [-0.3, -0.25) is 0 Å². The van der Waals surface area contributed by atoms with Gasteiger partial charge in [-0.25, -0.2) is 0 Å². The molecule has 0 fully saturated rings. The van der Waals surface area contributed by atoms with Crippen molar-refractivity contribution in [2.75, 3.05) is 0 Å². The van der Waals surface area contributed by atoms with Crippen molar-refractivity contribution in [2.45, 2.75) is 13.3 Å². The summed E-state index contributed by atoms with van der Waals surface area (Å²) in [6, 6.07) is 6.23. The molecule has 0 aromatic heterocycles. The van der Waals surface area contributed by atoms with Gasteiger partial charge in [0.15, 0.2) is 0 Å². The van der Waals surface area contributed by atoms with Crippen LogP contribution >= 0.6 is 15.9 Å². The molecule has 0 saturated carbocycles. The number of aryl methyl sites for hydroxylation is 1. The van der Waals surface area contributed by atoms with E-state index < -0.39 is 0 Å². The van der Waals surface area contributed by atoms with E-state index in [1.165, 1.54) is 15.6 Å². The van der Waals surface area contributed by atoms with Crippen molar-refractivity contribution in [1.29, 1.82) is 0 Å². The van der Waals surface area contributed by atoms with Gasteiger partial charge in [-0.2, -0.15) is 0 Å². The first kappa shape index (κ1) is 8.54. The Kier molecular flexibility index (Phi) is 2.89. The van der Waals surface area contributed by atoms with Crippen LogP contribution in [0.4, 0.5) is 0 Å². The van der Waals surface area contributed by atoms with Crippen LogP contribution in [0.15, 0.2) is 29.3 Å². The van der Waals surface area contributed by atoms with Crippen LogP contribution in [0.5, 0.6) is 0 Å². The predicted molar refractivity (Wildman–Crippen MR) is 53.6 cm³/mol. The van der Waals surface area contributed by atoms with Gasteiger partial charge in [0.1, 0.15) is 0 Å². The monoisotopic (exact) mass is 210 g/mol. The zero-order valence-corrected chi connectivity index (χ0v) is 8.19. The first-order valence-electron chi connectivity index (χ1n) is 3.69. The van der Waals surface area contributed by atoms with Gasteiger partial charge in [-0.05, 0) is 33.5 Å². The normalized spacial score (nSPS) is 9.64. The first-order valence-corrected chi connectivity index (χ1v) is 4.48. The van der Waals surface area contributed by atoms with Crippen molar-refractivity contribution < 1.29 is 0 Å². The standard InChI is InChI=1S/C10H11Br/c1-3-8-6-5-7-9(4-2)10(8)11/h3,5-7H,1,4H2,2H3. The van der Waals surface area contributed by atoms with Crippen LogP contribution in [-0.4, -0.2) is 0 Å². The molecule has 1 aromatic carbocycles. The molecule has 0 heterocycles. The quantitative estimate of drug-likeness (QED) is 0.700. The first-order chi connectivity index (χ1) is 5.29. The van der Waals surface area contributed by atoms with E-state index in [0.717, 1.165) is 6.42 Å². The van der Waals surface area contributed by atoms with E-state index in [1.807, 2.05) is 6.08 Å². The van der Waals surface area contributed by atoms with Crippen molar-refractivity contribution in [1.82, 2.24) is 0 Å². The Morgan fingerprint density at radius 1 is 1.55 bits per heavy atom. The third kappa shape index (κ3) is 1.72. The van der Waals surface area contributed by atoms with Crippen molar-refractivity contribution in [3.05, 3.63) is 40.4 Å². The van der Waals surface area contributed by atoms with Gasteiger partial charge in [0.2, 0.25) is 0 Å². The highest BCUT2D eigenvalue weighted by Crippen LogP contribution is 2.22. The molecule has 1 aromatic rings. The second-order valence-corrected chi connectivity index (χ2v) is 3.17. The second kappa shape index (κ2) is 3.72. The molecule has 1 rings (SSSR count). The summed E-state index contributed by atoms with van der Waals surface area (Å²) in [5, 5.41) is 0. The summed E-state index contributed by atoms with van der Waals surface area (Å²) < 4.78 is 1.18. The Hall–Kier alpha value is -0.560. The largest absolute Gasteiger partial charge is 0.0984 e. The Morgan fingerprint density at radius 3 is 2.82 bits per heavy atom. The fourth-order valence-electron chi connectivity index (χ4n) is 1.03. The number of hydrogen-bond donors (Lipinski definition) is 0. The number of hydrogen-bond acceptors (Lipinski definition) is 0. The molecule has 0 N–H and O–H groups in total. The Labute approximate surface area is 76.1 Å². The molecule has 58 valence electrons. The van der Waals surface area contributed by atoms with E-state index in [1.54, 1.807) is 0 Å². The summed E-state index contributed by atoms with van der Waals surface area (Å²) in [7, 11) is 0. The van der Waals surface area contributed by atoms with E-state index in [4.69, 9.17) is 0 Å². The lowest BCUT2D eigenvalue weighted by Crippen LogP contribution is -1.84. The van der Waals surface area contributed by atoms with Crippen molar-refractivity contribution in [3.8, 4) is 0 Å². The maximum Gasteiger partial charge on any atom is 0.0279 e. The molecule has 0 nitrogen and oxygen atoms in total. The maximum absolute atomic E-state index is 3.74. The van der Waals surface area contributed by atoms with E-state index >= 15 is 0 Å². The van der Waals surface area contributed by atoms with Crippen LogP contribution in [0.25, 0.3) is 6.08 Å². The molecule has 11 heavy (non-hydrogen) atoms. The van der Waals surface area contributed by atoms with Gasteiger partial charge >= 0.3 is 0 Å². The third-order valence-electron chi connectivity index (χ3n) is 1.71. The summed E-state index contributed by atoms with van der Waals surface area (Å²) in [4.78, 5) is 0. The third-order valence-corrected chi connectivity index (χ3v) is 2.68. The molecule has 1 heteroatoms. The Balaban J connectivity index is 3.20. The Bertz CT molecular complexity index is 264. The summed E-state index contributed by atoms with van der Waals surface area (Å²) in [5.74, 6) is 0. The van der Waals surface area contributed by atoms with Gasteiger partial charge in [-0.15, -0.1) is 0 Å². The van der Waals surface area contributed by atoms with Crippen molar-refractivity contribution in [2.24, 2.45) is 0 Å². The minimum absolute atomic E-state index is 1.06. The van der Waals surface area contributed by atoms with E-state index in [2.05, 4.69) is 47.6 Å². The van der Waals surface area contributed by atoms with Crippen LogP contribution in [0.2, 0.25) is 0 Å². The Morgan fingerprint density at radius 2 is 2.27 bits per heavy atom. The summed E-state index contributed by atoms with van der Waals surface area (Å²) in [5.41, 5.74) is 2.51. The van der Waals surface area contributed by atoms with Gasteiger partial charge in [0, 0.05) is 4.47 Å². The average molecular weight is 211 g/mol. The summed E-state index contributed by atoms with van der Waals surface area (Å²) in [6.45, 7) is 5.88. The van der Waals surface area contributed by atoms with Crippen LogP contribution in [0.3, 0.4) is 0 Å². The molecule has 0 amide bonds. The maximum atomic E-state index is 3.74. The molecule has 0 aliphatic rings. The molecule has 0 radical (unpaired) electrons. The summed E-state index contributed by atoms with van der Waals surface area (Å²) in [6.07, 6.45) is 2.92. The second-order valence-electron chi connectivity index (χ2n) is 2.38. The number of halogens is 1. The SMILES string of the molecule is C=Cc1cccc(CC)c1Br. The lowest BCUT2D eigenvalue weighted by molar-refractivity contribution is 1.12. The fourth-order valence-corrected chi connectivity index (χ4v) is 1.74. The van der Waals surface area contributed by atoms with Crippen LogP contribution in [0, 0.1) is 0 Å². The van der Waals surface area contributed by atoms with Gasteiger partial charge in [-0.1, -0.05) is 37.8 Å². The molecule has 0 aliphatic heterocycles. The lowest BCUT2D eigenvalue weighted by atomic mass is 10.1. The molecular formula is C10H11Br. The van der Waals surface area contributed by atoms with Crippen LogP contribution in [-0.2, 0) is 6.42 Å². The minimum atomic E-state index is 1.06. The van der Waals surface area contributed by atoms with Gasteiger partial charge < -0.3 is 0 Å². The highest BCUT2D eigenvalue weighted by atomic mass is 79.9. The molecule has 0 saturated heterocycles.